The number of ether oxygens (including phenoxy) is 1. The highest BCUT2D eigenvalue weighted by atomic mass is 35.5. The van der Waals surface area contributed by atoms with E-state index in [1.807, 2.05) is 52.0 Å². The fourth-order valence-electron chi connectivity index (χ4n) is 3.33. The molecule has 186 valence electrons. The number of hydrogen-bond donors (Lipinski definition) is 1. The van der Waals surface area contributed by atoms with Gasteiger partial charge >= 0.3 is 0 Å². The lowest BCUT2D eigenvalue weighted by Crippen LogP contribution is -2.41. The number of nitrogens with zero attached hydrogens (tertiary/aromatic N) is 3. The molecule has 1 N–H and O–H groups in total. The molecule has 7 nitrogen and oxygen atoms in total. The Morgan fingerprint density at radius 2 is 1.77 bits per heavy atom. The van der Waals surface area contributed by atoms with E-state index in [2.05, 4.69) is 5.32 Å². The van der Waals surface area contributed by atoms with Gasteiger partial charge in [0.1, 0.15) is 18.1 Å². The molecule has 35 heavy (non-hydrogen) atoms. The van der Waals surface area contributed by atoms with Crippen LogP contribution in [-0.4, -0.2) is 46.2 Å². The van der Waals surface area contributed by atoms with E-state index in [0.29, 0.717) is 40.3 Å². The molecule has 0 radical (unpaired) electrons. The lowest BCUT2D eigenvalue weighted by molar-refractivity contribution is -0.136. The number of amides is 2. The van der Waals surface area contributed by atoms with Crippen molar-refractivity contribution >= 4 is 40.8 Å². The van der Waals surface area contributed by atoms with Crippen LogP contribution in [0.3, 0.4) is 0 Å². The minimum atomic E-state index is -0.341. The third-order valence-electron chi connectivity index (χ3n) is 5.18. The molecular weight excluding hydrogens is 487 g/mol. The van der Waals surface area contributed by atoms with Gasteiger partial charge in [0.05, 0.1) is 16.4 Å². The zero-order valence-corrected chi connectivity index (χ0v) is 21.9. The van der Waals surface area contributed by atoms with Crippen LogP contribution in [0, 0.1) is 0 Å². The summed E-state index contributed by atoms with van der Waals surface area (Å²) in [6.45, 7) is 8.20. The molecule has 9 heteroatoms. The summed E-state index contributed by atoms with van der Waals surface area (Å²) < 4.78 is 7.19. The molecule has 0 saturated heterocycles. The summed E-state index contributed by atoms with van der Waals surface area (Å²) in [6, 6.07) is 15.9. The van der Waals surface area contributed by atoms with Crippen molar-refractivity contribution in [3.05, 3.63) is 70.3 Å². The number of carbonyl (C=O) groups excluding carboxylic acids is 2. The van der Waals surface area contributed by atoms with Crippen LogP contribution < -0.4 is 10.1 Å². The minimum Gasteiger partial charge on any atom is -0.484 e. The predicted octanol–water partition coefficient (Wildman–Crippen LogP) is 5.73. The highest BCUT2D eigenvalue weighted by Crippen LogP contribution is 2.29. The molecule has 0 aliphatic carbocycles. The average molecular weight is 517 g/mol. The first kappa shape index (κ1) is 26.6. The molecule has 1 aromatic heterocycles. The van der Waals surface area contributed by atoms with Gasteiger partial charge in [-0.25, -0.2) is 4.68 Å². The summed E-state index contributed by atoms with van der Waals surface area (Å²) in [6.07, 6.45) is 0.700. The van der Waals surface area contributed by atoms with Crippen LogP contribution in [0.15, 0.2) is 54.6 Å². The van der Waals surface area contributed by atoms with Crippen LogP contribution in [-0.2, 0) is 15.0 Å². The largest absolute Gasteiger partial charge is 0.484 e. The van der Waals surface area contributed by atoms with Gasteiger partial charge in [0.2, 0.25) is 5.91 Å². The maximum Gasteiger partial charge on any atom is 0.260 e. The number of para-hydroxylation sites is 1. The molecule has 0 aliphatic rings. The summed E-state index contributed by atoms with van der Waals surface area (Å²) in [5.74, 6) is 0.384. The van der Waals surface area contributed by atoms with Gasteiger partial charge in [-0.1, -0.05) is 63.0 Å². The number of aromatic nitrogens is 2. The fraction of sp³-hybridized carbons (Fsp3) is 0.346. The number of benzene rings is 2. The van der Waals surface area contributed by atoms with Crippen LogP contribution in [0.5, 0.6) is 5.75 Å². The minimum absolute atomic E-state index is 0.116. The normalized spacial score (nSPS) is 11.3. The van der Waals surface area contributed by atoms with Gasteiger partial charge in [0.25, 0.3) is 5.91 Å². The Morgan fingerprint density at radius 1 is 1.09 bits per heavy atom. The fourth-order valence-corrected chi connectivity index (χ4v) is 3.67. The van der Waals surface area contributed by atoms with Crippen molar-refractivity contribution in [1.29, 1.82) is 0 Å². The van der Waals surface area contributed by atoms with Crippen LogP contribution in [0.2, 0.25) is 10.0 Å². The molecule has 3 aromatic rings. The molecule has 0 spiro atoms. The summed E-state index contributed by atoms with van der Waals surface area (Å²) >= 11 is 12.3. The maximum atomic E-state index is 13.0. The van der Waals surface area contributed by atoms with Crippen molar-refractivity contribution in [3.8, 4) is 11.4 Å². The third kappa shape index (κ3) is 7.23. The number of carbonyl (C=O) groups is 2. The van der Waals surface area contributed by atoms with Gasteiger partial charge in [-0.15, -0.1) is 0 Å². The van der Waals surface area contributed by atoms with Gasteiger partial charge in [-0.2, -0.15) is 5.10 Å². The van der Waals surface area contributed by atoms with Crippen molar-refractivity contribution in [1.82, 2.24) is 14.7 Å². The lowest BCUT2D eigenvalue weighted by atomic mass is 9.92. The summed E-state index contributed by atoms with van der Waals surface area (Å²) in [5, 5.41) is 8.69. The van der Waals surface area contributed by atoms with E-state index in [0.717, 1.165) is 5.69 Å². The van der Waals surface area contributed by atoms with Crippen LogP contribution in [0.1, 0.15) is 39.8 Å². The SMILES string of the molecule is CCCN(CC(=O)Nc1cc(C(C)(C)C)nn1-c1ccccc1Cl)C(=O)COc1ccc(Cl)cc1. The Morgan fingerprint density at radius 3 is 2.40 bits per heavy atom. The molecule has 0 unspecified atom stereocenters. The number of hydrogen-bond acceptors (Lipinski definition) is 4. The number of rotatable bonds is 9. The first-order valence-electron chi connectivity index (χ1n) is 11.4. The zero-order valence-electron chi connectivity index (χ0n) is 20.3. The standard InChI is InChI=1S/C26H30Cl2N4O3/c1-5-14-31(25(34)17-35-19-12-10-18(27)11-13-19)16-24(33)29-23-15-22(26(2,3)4)30-32(23)21-9-7-6-8-20(21)28/h6-13,15H,5,14,16-17H2,1-4H3,(H,29,33). The van der Waals surface area contributed by atoms with Crippen molar-refractivity contribution in [3.63, 3.8) is 0 Å². The second kappa shape index (κ2) is 11.6. The van der Waals surface area contributed by atoms with E-state index in [1.165, 1.54) is 4.90 Å². The van der Waals surface area contributed by atoms with Gasteiger partial charge in [-0.3, -0.25) is 9.59 Å². The molecule has 0 aliphatic heterocycles. The van der Waals surface area contributed by atoms with Crippen molar-refractivity contribution < 1.29 is 14.3 Å². The number of halogens is 2. The quantitative estimate of drug-likeness (QED) is 0.393. The monoisotopic (exact) mass is 516 g/mol. The number of nitrogens with one attached hydrogen (secondary N) is 1. The van der Waals surface area contributed by atoms with Gasteiger partial charge in [-0.05, 0) is 42.8 Å². The van der Waals surface area contributed by atoms with E-state index in [1.54, 1.807) is 35.0 Å². The first-order valence-corrected chi connectivity index (χ1v) is 12.2. The molecule has 2 amide bonds. The van der Waals surface area contributed by atoms with Gasteiger partial charge in [0.15, 0.2) is 6.61 Å². The molecule has 0 fully saturated rings. The Balaban J connectivity index is 1.74. The number of anilines is 1. The van der Waals surface area contributed by atoms with Crippen LogP contribution in [0.25, 0.3) is 5.69 Å². The lowest BCUT2D eigenvalue weighted by Gasteiger charge is -2.22. The van der Waals surface area contributed by atoms with Crippen LogP contribution in [0.4, 0.5) is 5.82 Å². The maximum absolute atomic E-state index is 13.0. The molecule has 0 saturated carbocycles. The second-order valence-corrected chi connectivity index (χ2v) is 9.98. The zero-order chi connectivity index (χ0) is 25.6. The molecule has 0 atom stereocenters. The molecule has 0 bridgehead atoms. The van der Waals surface area contributed by atoms with E-state index < -0.39 is 0 Å². The average Bonchev–Trinajstić information content (AvgIpc) is 3.22. The van der Waals surface area contributed by atoms with E-state index in [9.17, 15) is 9.59 Å². The summed E-state index contributed by atoms with van der Waals surface area (Å²) in [4.78, 5) is 27.3. The predicted molar refractivity (Wildman–Crippen MR) is 140 cm³/mol. The smallest absolute Gasteiger partial charge is 0.260 e. The van der Waals surface area contributed by atoms with Gasteiger partial charge in [0, 0.05) is 23.0 Å². The Labute approximate surface area is 216 Å². The molecule has 3 rings (SSSR count). The first-order chi connectivity index (χ1) is 16.6. The highest BCUT2D eigenvalue weighted by Gasteiger charge is 2.23. The second-order valence-electron chi connectivity index (χ2n) is 9.13. The van der Waals surface area contributed by atoms with E-state index in [-0.39, 0.29) is 30.4 Å². The van der Waals surface area contributed by atoms with Gasteiger partial charge < -0.3 is 15.0 Å². The Bertz CT molecular complexity index is 1170. The Kier molecular flexibility index (Phi) is 8.81. The topological polar surface area (TPSA) is 76.5 Å². The van der Waals surface area contributed by atoms with Crippen LogP contribution >= 0.6 is 23.2 Å². The summed E-state index contributed by atoms with van der Waals surface area (Å²) in [5.41, 5.74) is 1.21. The Hall–Kier alpha value is -3.03. The third-order valence-corrected chi connectivity index (χ3v) is 5.75. The van der Waals surface area contributed by atoms with E-state index >= 15 is 0 Å². The van der Waals surface area contributed by atoms with Crippen molar-refractivity contribution in [2.75, 3.05) is 25.0 Å². The van der Waals surface area contributed by atoms with Crippen molar-refractivity contribution in [2.45, 2.75) is 39.5 Å². The van der Waals surface area contributed by atoms with E-state index in [4.69, 9.17) is 33.0 Å². The highest BCUT2D eigenvalue weighted by molar-refractivity contribution is 6.32. The molecule has 1 heterocycles. The summed E-state index contributed by atoms with van der Waals surface area (Å²) in [7, 11) is 0. The molecular formula is C26H30Cl2N4O3. The molecule has 2 aromatic carbocycles. The van der Waals surface area contributed by atoms with Crippen molar-refractivity contribution in [2.24, 2.45) is 0 Å².